The molecule has 0 spiro atoms. The minimum atomic E-state index is -0.186. The zero-order chi connectivity index (χ0) is 7.49. The lowest BCUT2D eigenvalue weighted by molar-refractivity contribution is 0.348. The fourth-order valence-electron chi connectivity index (χ4n) is 0.424. The summed E-state index contributed by atoms with van der Waals surface area (Å²) in [5.41, 5.74) is 5.64. The first-order valence-electron chi connectivity index (χ1n) is 3.23. The Bertz CT molecular complexity index is 117. The third-order valence-electron chi connectivity index (χ3n) is 1.80. The minimum absolute atomic E-state index is 0.186. The molecular weight excluding hydrogens is 110 g/mol. The van der Waals surface area contributed by atoms with Crippen molar-refractivity contribution in [1.29, 1.82) is 0 Å². The van der Waals surface area contributed by atoms with Gasteiger partial charge in [0.2, 0.25) is 0 Å². The minimum Gasteiger partial charge on any atom is -0.324 e. The van der Waals surface area contributed by atoms with Crippen molar-refractivity contribution in [2.45, 2.75) is 32.7 Å². The first kappa shape index (κ1) is 8.52. The highest BCUT2D eigenvalue weighted by molar-refractivity contribution is 4.97. The van der Waals surface area contributed by atoms with E-state index < -0.39 is 0 Å². The van der Waals surface area contributed by atoms with Crippen LogP contribution in [0.2, 0.25) is 0 Å². The van der Waals surface area contributed by atoms with E-state index in [1.807, 2.05) is 6.92 Å². The Morgan fingerprint density at radius 3 is 2.22 bits per heavy atom. The summed E-state index contributed by atoms with van der Waals surface area (Å²) in [6, 6.07) is 0. The van der Waals surface area contributed by atoms with Crippen LogP contribution in [0.5, 0.6) is 0 Å². The van der Waals surface area contributed by atoms with E-state index in [0.717, 1.165) is 0 Å². The molecule has 0 saturated carbocycles. The van der Waals surface area contributed by atoms with E-state index >= 15 is 0 Å². The maximum Gasteiger partial charge on any atom is 0.0267 e. The molecule has 52 valence electrons. The van der Waals surface area contributed by atoms with Crippen molar-refractivity contribution < 1.29 is 0 Å². The van der Waals surface area contributed by atoms with E-state index in [-0.39, 0.29) is 5.54 Å². The van der Waals surface area contributed by atoms with Gasteiger partial charge in [-0.2, -0.15) is 0 Å². The Kier molecular flexibility index (Phi) is 2.73. The molecule has 2 N–H and O–H groups in total. The second-order valence-corrected chi connectivity index (χ2v) is 3.04. The largest absolute Gasteiger partial charge is 0.324 e. The van der Waals surface area contributed by atoms with Crippen molar-refractivity contribution in [2.75, 3.05) is 0 Å². The third kappa shape index (κ3) is 2.53. The molecule has 0 heterocycles. The normalized spacial score (nSPS) is 16.9. The van der Waals surface area contributed by atoms with Crippen LogP contribution >= 0.6 is 0 Å². The van der Waals surface area contributed by atoms with Gasteiger partial charge in [-0.25, -0.2) is 0 Å². The SMILES string of the molecule is C#CCC(C)(N)C(C)C. The molecule has 0 aromatic heterocycles. The molecule has 0 fully saturated rings. The lowest BCUT2D eigenvalue weighted by Gasteiger charge is -2.26. The van der Waals surface area contributed by atoms with Crippen LogP contribution < -0.4 is 5.73 Å². The van der Waals surface area contributed by atoms with Gasteiger partial charge in [0.25, 0.3) is 0 Å². The van der Waals surface area contributed by atoms with E-state index in [1.54, 1.807) is 0 Å². The topological polar surface area (TPSA) is 26.0 Å². The van der Waals surface area contributed by atoms with Gasteiger partial charge >= 0.3 is 0 Å². The van der Waals surface area contributed by atoms with Crippen molar-refractivity contribution in [3.05, 3.63) is 0 Å². The molecule has 0 amide bonds. The van der Waals surface area contributed by atoms with Crippen molar-refractivity contribution in [1.82, 2.24) is 0 Å². The van der Waals surface area contributed by atoms with Gasteiger partial charge in [0.05, 0.1) is 0 Å². The van der Waals surface area contributed by atoms with Gasteiger partial charge in [0.15, 0.2) is 0 Å². The van der Waals surface area contributed by atoms with Crippen LogP contribution in [0.4, 0.5) is 0 Å². The van der Waals surface area contributed by atoms with Gasteiger partial charge in [0.1, 0.15) is 0 Å². The fraction of sp³-hybridized carbons (Fsp3) is 0.750. The van der Waals surface area contributed by atoms with Gasteiger partial charge in [0, 0.05) is 12.0 Å². The maximum atomic E-state index is 5.83. The van der Waals surface area contributed by atoms with Crippen LogP contribution in [-0.2, 0) is 0 Å². The first-order valence-corrected chi connectivity index (χ1v) is 3.23. The van der Waals surface area contributed by atoms with E-state index in [9.17, 15) is 0 Å². The molecule has 1 atom stereocenters. The number of hydrogen-bond donors (Lipinski definition) is 1. The first-order chi connectivity index (χ1) is 4.00. The second kappa shape index (κ2) is 2.89. The summed E-state index contributed by atoms with van der Waals surface area (Å²) in [7, 11) is 0. The average molecular weight is 125 g/mol. The van der Waals surface area contributed by atoms with Gasteiger partial charge in [-0.1, -0.05) is 13.8 Å². The molecule has 1 heteroatoms. The van der Waals surface area contributed by atoms with Crippen molar-refractivity contribution in [3.63, 3.8) is 0 Å². The summed E-state index contributed by atoms with van der Waals surface area (Å²) in [6.07, 6.45) is 5.78. The quantitative estimate of drug-likeness (QED) is 0.554. The van der Waals surface area contributed by atoms with Crippen LogP contribution in [0.1, 0.15) is 27.2 Å². The lowest BCUT2D eigenvalue weighted by atomic mass is 9.87. The molecule has 0 saturated heterocycles. The monoisotopic (exact) mass is 125 g/mol. The number of nitrogens with two attached hydrogens (primary N) is 1. The highest BCUT2D eigenvalue weighted by atomic mass is 14.7. The van der Waals surface area contributed by atoms with E-state index in [0.29, 0.717) is 12.3 Å². The highest BCUT2D eigenvalue weighted by Gasteiger charge is 2.20. The summed E-state index contributed by atoms with van der Waals surface area (Å²) in [5, 5.41) is 0. The molecule has 0 aromatic carbocycles. The zero-order valence-corrected chi connectivity index (χ0v) is 6.44. The maximum absolute atomic E-state index is 5.83. The summed E-state index contributed by atoms with van der Waals surface area (Å²) in [5.74, 6) is 3.02. The van der Waals surface area contributed by atoms with E-state index in [2.05, 4.69) is 19.8 Å². The fourth-order valence-corrected chi connectivity index (χ4v) is 0.424. The molecule has 1 nitrogen and oxygen atoms in total. The van der Waals surface area contributed by atoms with Crippen LogP contribution in [0, 0.1) is 18.3 Å². The lowest BCUT2D eigenvalue weighted by Crippen LogP contribution is -2.41. The molecule has 0 aliphatic rings. The van der Waals surface area contributed by atoms with E-state index in [1.165, 1.54) is 0 Å². The third-order valence-corrected chi connectivity index (χ3v) is 1.80. The standard InChI is InChI=1S/C8H15N/c1-5-6-8(4,9)7(2)3/h1,7H,6,9H2,2-4H3. The molecule has 0 aliphatic carbocycles. The Morgan fingerprint density at radius 2 is 2.11 bits per heavy atom. The Labute approximate surface area is 57.6 Å². The zero-order valence-electron chi connectivity index (χ0n) is 6.44. The predicted molar refractivity (Wildman–Crippen MR) is 40.9 cm³/mol. The molecular formula is C8H15N. The van der Waals surface area contributed by atoms with Crippen LogP contribution in [0.25, 0.3) is 0 Å². The molecule has 0 aromatic rings. The molecule has 9 heavy (non-hydrogen) atoms. The van der Waals surface area contributed by atoms with Gasteiger partial charge in [-0.05, 0) is 12.8 Å². The number of rotatable bonds is 2. The molecule has 0 bridgehead atoms. The highest BCUT2D eigenvalue weighted by Crippen LogP contribution is 2.15. The van der Waals surface area contributed by atoms with Gasteiger partial charge in [-0.15, -0.1) is 12.3 Å². The summed E-state index contributed by atoms with van der Waals surface area (Å²) in [4.78, 5) is 0. The van der Waals surface area contributed by atoms with Crippen LogP contribution in [-0.4, -0.2) is 5.54 Å². The molecule has 0 rings (SSSR count). The molecule has 0 aliphatic heterocycles. The van der Waals surface area contributed by atoms with Crippen molar-refractivity contribution in [3.8, 4) is 12.3 Å². The molecule has 1 unspecified atom stereocenters. The van der Waals surface area contributed by atoms with Gasteiger partial charge < -0.3 is 5.73 Å². The Balaban J connectivity index is 3.89. The van der Waals surface area contributed by atoms with E-state index in [4.69, 9.17) is 12.2 Å². The Hall–Kier alpha value is -0.480. The van der Waals surface area contributed by atoms with Gasteiger partial charge in [-0.3, -0.25) is 0 Å². The Morgan fingerprint density at radius 1 is 1.67 bits per heavy atom. The smallest absolute Gasteiger partial charge is 0.0267 e. The number of terminal acetylenes is 1. The number of hydrogen-bond acceptors (Lipinski definition) is 1. The summed E-state index contributed by atoms with van der Waals surface area (Å²) < 4.78 is 0. The van der Waals surface area contributed by atoms with Crippen molar-refractivity contribution in [2.24, 2.45) is 11.7 Å². The summed E-state index contributed by atoms with van der Waals surface area (Å²) in [6.45, 7) is 6.15. The predicted octanol–water partition coefficient (Wildman–Crippen LogP) is 1.38. The van der Waals surface area contributed by atoms with Crippen molar-refractivity contribution >= 4 is 0 Å². The summed E-state index contributed by atoms with van der Waals surface area (Å²) >= 11 is 0. The molecule has 0 radical (unpaired) electrons. The second-order valence-electron chi connectivity index (χ2n) is 3.04. The van der Waals surface area contributed by atoms with Crippen LogP contribution in [0.3, 0.4) is 0 Å². The average Bonchev–Trinajstić information content (AvgIpc) is 1.65. The van der Waals surface area contributed by atoms with Crippen LogP contribution in [0.15, 0.2) is 0 Å².